The van der Waals surface area contributed by atoms with E-state index in [0.717, 1.165) is 17.5 Å². The van der Waals surface area contributed by atoms with E-state index in [4.69, 9.17) is 0 Å². The Balaban J connectivity index is 1.81. The van der Waals surface area contributed by atoms with Gasteiger partial charge in [-0.1, -0.05) is 24.3 Å². The van der Waals surface area contributed by atoms with Crippen molar-refractivity contribution in [3.8, 4) is 11.5 Å². The van der Waals surface area contributed by atoms with Gasteiger partial charge in [0.15, 0.2) is 5.75 Å². The zero-order valence-electron chi connectivity index (χ0n) is 13.3. The van der Waals surface area contributed by atoms with Gasteiger partial charge in [0.25, 0.3) is 5.91 Å². The molecule has 8 nitrogen and oxygen atoms in total. The molecule has 26 heavy (non-hydrogen) atoms. The van der Waals surface area contributed by atoms with E-state index in [9.17, 15) is 25.1 Å². The molecule has 130 valence electrons. The minimum Gasteiger partial charge on any atom is -0.507 e. The highest BCUT2D eigenvalue weighted by molar-refractivity contribution is 6.03. The molecular formula is C18H13N3O5. The second kappa shape index (κ2) is 6.89. The maximum atomic E-state index is 12.1. The molecule has 8 heteroatoms. The predicted molar refractivity (Wildman–Crippen MR) is 95.4 cm³/mol. The van der Waals surface area contributed by atoms with E-state index in [1.807, 2.05) is 12.1 Å². The molecule has 3 N–H and O–H groups in total. The van der Waals surface area contributed by atoms with Crippen LogP contribution in [-0.4, -0.2) is 27.3 Å². The molecule has 0 unspecified atom stereocenters. The minimum atomic E-state index is -0.780. The SMILES string of the molecule is O=C(NN=Cc1ccc(O)c2ccccc12)c1ccc(O)c([N+](=O)[O-])c1. The summed E-state index contributed by atoms with van der Waals surface area (Å²) in [6.45, 7) is 0. The Bertz CT molecular complexity index is 1050. The summed E-state index contributed by atoms with van der Waals surface area (Å²) in [7, 11) is 0. The number of nitro groups is 1. The summed E-state index contributed by atoms with van der Waals surface area (Å²) in [4.78, 5) is 22.1. The van der Waals surface area contributed by atoms with Crippen LogP contribution in [-0.2, 0) is 0 Å². The Morgan fingerprint density at radius 2 is 1.73 bits per heavy atom. The first-order chi connectivity index (χ1) is 12.5. The molecule has 0 fully saturated rings. The van der Waals surface area contributed by atoms with Crippen LogP contribution >= 0.6 is 0 Å². The van der Waals surface area contributed by atoms with E-state index in [-0.39, 0.29) is 11.3 Å². The van der Waals surface area contributed by atoms with Gasteiger partial charge in [0, 0.05) is 22.6 Å². The zero-order chi connectivity index (χ0) is 18.7. The van der Waals surface area contributed by atoms with Gasteiger partial charge in [-0.15, -0.1) is 0 Å². The van der Waals surface area contributed by atoms with Gasteiger partial charge in [0.05, 0.1) is 11.1 Å². The first-order valence-electron chi connectivity index (χ1n) is 7.49. The third-order valence-corrected chi connectivity index (χ3v) is 3.74. The lowest BCUT2D eigenvalue weighted by Crippen LogP contribution is -2.17. The molecule has 0 bridgehead atoms. The van der Waals surface area contributed by atoms with Crippen molar-refractivity contribution < 1.29 is 19.9 Å². The Morgan fingerprint density at radius 1 is 1.04 bits per heavy atom. The van der Waals surface area contributed by atoms with Crippen molar-refractivity contribution >= 4 is 28.6 Å². The van der Waals surface area contributed by atoms with Crippen LogP contribution < -0.4 is 5.43 Å². The second-order valence-corrected chi connectivity index (χ2v) is 5.38. The zero-order valence-corrected chi connectivity index (χ0v) is 13.3. The minimum absolute atomic E-state index is 0.0118. The number of rotatable bonds is 4. The van der Waals surface area contributed by atoms with Crippen molar-refractivity contribution in [2.24, 2.45) is 5.10 Å². The van der Waals surface area contributed by atoms with Gasteiger partial charge in [0.2, 0.25) is 0 Å². The Kier molecular flexibility index (Phi) is 4.48. The van der Waals surface area contributed by atoms with Crippen molar-refractivity contribution in [2.75, 3.05) is 0 Å². The summed E-state index contributed by atoms with van der Waals surface area (Å²) in [6.07, 6.45) is 1.41. The predicted octanol–water partition coefficient (Wildman–Crippen LogP) is 2.92. The van der Waals surface area contributed by atoms with Gasteiger partial charge < -0.3 is 10.2 Å². The molecule has 0 saturated heterocycles. The fourth-order valence-corrected chi connectivity index (χ4v) is 2.45. The first kappa shape index (κ1) is 16.9. The van der Waals surface area contributed by atoms with Crippen LogP contribution in [0.2, 0.25) is 0 Å². The normalized spacial score (nSPS) is 10.9. The lowest BCUT2D eigenvalue weighted by atomic mass is 10.0. The fourth-order valence-electron chi connectivity index (χ4n) is 2.45. The van der Waals surface area contributed by atoms with E-state index in [1.165, 1.54) is 18.3 Å². The maximum absolute atomic E-state index is 12.1. The number of phenolic OH excluding ortho intramolecular Hbond substituents is 2. The second-order valence-electron chi connectivity index (χ2n) is 5.38. The van der Waals surface area contributed by atoms with Crippen molar-refractivity contribution in [2.45, 2.75) is 0 Å². The van der Waals surface area contributed by atoms with Crippen LogP contribution in [0.15, 0.2) is 59.7 Å². The lowest BCUT2D eigenvalue weighted by Gasteiger charge is -2.04. The number of carbonyl (C=O) groups excluding carboxylic acids is 1. The number of nitrogens with zero attached hydrogens (tertiary/aromatic N) is 2. The average Bonchev–Trinajstić information content (AvgIpc) is 2.64. The quantitative estimate of drug-likeness (QED) is 0.378. The maximum Gasteiger partial charge on any atom is 0.311 e. The van der Waals surface area contributed by atoms with Crippen LogP contribution in [0.1, 0.15) is 15.9 Å². The van der Waals surface area contributed by atoms with Crippen molar-refractivity contribution in [3.05, 3.63) is 75.8 Å². The van der Waals surface area contributed by atoms with E-state index in [0.29, 0.717) is 10.9 Å². The summed E-state index contributed by atoms with van der Waals surface area (Å²) < 4.78 is 0. The van der Waals surface area contributed by atoms with E-state index >= 15 is 0 Å². The van der Waals surface area contributed by atoms with E-state index < -0.39 is 22.3 Å². The molecule has 0 heterocycles. The third kappa shape index (κ3) is 3.29. The smallest absolute Gasteiger partial charge is 0.311 e. The summed E-state index contributed by atoms with van der Waals surface area (Å²) in [5, 5.41) is 35.3. The number of hydrogen-bond acceptors (Lipinski definition) is 6. The molecule has 0 saturated carbocycles. The number of hydrogen-bond donors (Lipinski definition) is 3. The highest BCUT2D eigenvalue weighted by Gasteiger charge is 2.16. The number of amides is 1. The highest BCUT2D eigenvalue weighted by atomic mass is 16.6. The Morgan fingerprint density at radius 3 is 2.46 bits per heavy atom. The van der Waals surface area contributed by atoms with Gasteiger partial charge in [-0.3, -0.25) is 14.9 Å². The molecule has 0 aliphatic carbocycles. The Labute approximate surface area is 147 Å². The standard InChI is InChI=1S/C18H13N3O5/c22-16-7-6-12(13-3-1-2-4-14(13)16)10-19-20-18(24)11-5-8-17(23)15(9-11)21(25)26/h1-10,22-23H,(H,20,24). The number of benzene rings is 3. The largest absolute Gasteiger partial charge is 0.507 e. The van der Waals surface area contributed by atoms with Gasteiger partial charge in [-0.2, -0.15) is 5.10 Å². The van der Waals surface area contributed by atoms with Gasteiger partial charge >= 0.3 is 5.69 Å². The molecule has 0 aliphatic heterocycles. The van der Waals surface area contributed by atoms with Crippen molar-refractivity contribution in [1.82, 2.24) is 5.43 Å². The number of aromatic hydroxyl groups is 2. The number of carbonyl (C=O) groups is 1. The average molecular weight is 351 g/mol. The van der Waals surface area contributed by atoms with E-state index in [2.05, 4.69) is 10.5 Å². The monoisotopic (exact) mass is 351 g/mol. The highest BCUT2D eigenvalue weighted by Crippen LogP contribution is 2.27. The summed E-state index contributed by atoms with van der Waals surface area (Å²) in [5.41, 5.74) is 2.38. The van der Waals surface area contributed by atoms with Crippen LogP contribution in [0, 0.1) is 10.1 Å². The molecular weight excluding hydrogens is 338 g/mol. The number of nitrogens with one attached hydrogen (secondary N) is 1. The molecule has 0 aromatic heterocycles. The van der Waals surface area contributed by atoms with Crippen molar-refractivity contribution in [1.29, 1.82) is 0 Å². The lowest BCUT2D eigenvalue weighted by molar-refractivity contribution is -0.385. The van der Waals surface area contributed by atoms with Crippen LogP contribution in [0.4, 0.5) is 5.69 Å². The molecule has 0 atom stereocenters. The number of nitro benzene ring substituents is 1. The molecule has 3 rings (SSSR count). The van der Waals surface area contributed by atoms with Crippen LogP contribution in [0.3, 0.4) is 0 Å². The number of phenols is 2. The molecule has 3 aromatic carbocycles. The van der Waals surface area contributed by atoms with Gasteiger partial charge in [-0.25, -0.2) is 5.43 Å². The summed E-state index contributed by atoms with van der Waals surface area (Å²) >= 11 is 0. The Hall–Kier alpha value is -3.94. The number of hydrazone groups is 1. The molecule has 0 radical (unpaired) electrons. The van der Waals surface area contributed by atoms with Crippen molar-refractivity contribution in [3.63, 3.8) is 0 Å². The molecule has 0 aliphatic rings. The van der Waals surface area contributed by atoms with Gasteiger partial charge in [0.1, 0.15) is 5.75 Å². The van der Waals surface area contributed by atoms with Gasteiger partial charge in [-0.05, 0) is 29.7 Å². The first-order valence-corrected chi connectivity index (χ1v) is 7.49. The number of fused-ring (bicyclic) bond motifs is 1. The molecule has 1 amide bonds. The summed E-state index contributed by atoms with van der Waals surface area (Å²) in [5.74, 6) is -1.05. The third-order valence-electron chi connectivity index (χ3n) is 3.74. The summed E-state index contributed by atoms with van der Waals surface area (Å²) in [6, 6.07) is 13.6. The van der Waals surface area contributed by atoms with E-state index in [1.54, 1.807) is 18.2 Å². The molecule has 3 aromatic rings. The van der Waals surface area contributed by atoms with Crippen LogP contribution in [0.5, 0.6) is 11.5 Å². The molecule has 0 spiro atoms. The topological polar surface area (TPSA) is 125 Å². The fraction of sp³-hybridized carbons (Fsp3) is 0. The van der Waals surface area contributed by atoms with Crippen LogP contribution in [0.25, 0.3) is 10.8 Å².